The molecule has 0 bridgehead atoms. The van der Waals surface area contributed by atoms with Crippen LogP contribution in [0.1, 0.15) is 103 Å². The number of pyridine rings is 4. The van der Waals surface area contributed by atoms with E-state index >= 15 is 0 Å². The van der Waals surface area contributed by atoms with Gasteiger partial charge in [0.2, 0.25) is 0 Å². The van der Waals surface area contributed by atoms with Crippen molar-refractivity contribution in [1.29, 1.82) is 0 Å². The number of rotatable bonds is 19. The van der Waals surface area contributed by atoms with Crippen molar-refractivity contribution >= 4 is 95.9 Å². The minimum Gasteiger partial charge on any atom is -0.470 e. The molecule has 0 spiro atoms. The summed E-state index contributed by atoms with van der Waals surface area (Å²) >= 11 is 6.04. The van der Waals surface area contributed by atoms with E-state index in [9.17, 15) is 15.3 Å². The third-order valence-corrected chi connectivity index (χ3v) is 25.3. The molecule has 656 valence electrons. The van der Waals surface area contributed by atoms with Crippen LogP contribution in [0.25, 0.3) is 43.6 Å². The third-order valence-electron chi connectivity index (χ3n) is 25.1. The zero-order valence-corrected chi connectivity index (χ0v) is 72.1. The van der Waals surface area contributed by atoms with Gasteiger partial charge in [0.05, 0.1) is 48.2 Å². The van der Waals surface area contributed by atoms with Crippen molar-refractivity contribution in [1.82, 2.24) is 65.1 Å². The summed E-state index contributed by atoms with van der Waals surface area (Å²) in [5, 5.41) is 45.1. The van der Waals surface area contributed by atoms with Gasteiger partial charge in [-0.15, -0.1) is 0 Å². The van der Waals surface area contributed by atoms with Crippen molar-refractivity contribution in [2.24, 2.45) is 23.7 Å². The van der Waals surface area contributed by atoms with Crippen LogP contribution >= 0.6 is 11.6 Å². The second-order valence-corrected chi connectivity index (χ2v) is 34.0. The van der Waals surface area contributed by atoms with Crippen LogP contribution in [0.15, 0.2) is 195 Å². The van der Waals surface area contributed by atoms with E-state index in [0.717, 1.165) is 292 Å². The minimum absolute atomic E-state index is 0.0289. The summed E-state index contributed by atoms with van der Waals surface area (Å²) < 4.78 is 25.1. The lowest BCUT2D eigenvalue weighted by atomic mass is 9.98. The monoisotopic (exact) mass is 1710 g/mol. The number of aromatic nitrogens is 12. The standard InChI is InChI=1S/3C24H29N5O2.C18H17ClN4O.C6H13NO/c3*30-17-18-9-14-28(15-10-18)23-24(26-12-11-25-23)31-20-5-3-13-29(16-20)22-8-7-19-4-1-2-6-21(19)27-22;19-17-18(21-10-9-20-17)24-14-5-3-11-23(12-14)16-8-7-13-4-1-2-6-15(13)22-16;8-5-6-1-3-7-4-2-6/h3*1-2,4,6-8,11-12,18,20,30H,3,5,9-10,13-17H2;1-2,4,6-10,14H,3,5,11-12H2;6-8H,1-5H2/t2*20-;;;/m10.../s1. The molecular formula is C96H117ClN20O8. The molecule has 125 heavy (non-hydrogen) atoms. The fourth-order valence-corrected chi connectivity index (χ4v) is 18.0. The van der Waals surface area contributed by atoms with Crippen molar-refractivity contribution in [2.75, 3.05) is 165 Å². The first-order chi connectivity index (χ1) is 61.6. The molecule has 8 fully saturated rings. The lowest BCUT2D eigenvalue weighted by molar-refractivity contribution is 0.170. The lowest BCUT2D eigenvalue weighted by Crippen LogP contribution is -2.42. The maximum atomic E-state index is 9.42. The Hall–Kier alpha value is -11.3. The van der Waals surface area contributed by atoms with Gasteiger partial charge in [0.15, 0.2) is 22.6 Å². The van der Waals surface area contributed by atoms with E-state index in [4.69, 9.17) is 55.6 Å². The van der Waals surface area contributed by atoms with E-state index in [2.05, 4.69) is 170 Å². The smallest absolute Gasteiger partial charge is 0.257 e. The largest absolute Gasteiger partial charge is 0.470 e. The number of aliphatic hydroxyl groups is 4. The number of hydrogen-bond acceptors (Lipinski definition) is 28. The fourth-order valence-electron chi connectivity index (χ4n) is 17.8. The number of halogens is 1. The number of ether oxygens (including phenoxy) is 4. The fraction of sp³-hybridized carbons (Fsp3) is 0.458. The third kappa shape index (κ3) is 23.5. The number of fused-ring (bicyclic) bond motifs is 4. The molecule has 0 radical (unpaired) electrons. The van der Waals surface area contributed by atoms with Gasteiger partial charge in [-0.1, -0.05) is 84.4 Å². The molecule has 12 aromatic rings. The molecule has 16 heterocycles. The first-order valence-electron chi connectivity index (χ1n) is 45.0. The maximum absolute atomic E-state index is 9.42. The number of para-hydroxylation sites is 4. The quantitative estimate of drug-likeness (QED) is 0.0502. The summed E-state index contributed by atoms with van der Waals surface area (Å²) in [6, 6.07) is 49.7. The predicted molar refractivity (Wildman–Crippen MR) is 492 cm³/mol. The van der Waals surface area contributed by atoms with Crippen molar-refractivity contribution in [3.8, 4) is 23.5 Å². The van der Waals surface area contributed by atoms with Crippen LogP contribution in [0, 0.1) is 23.7 Å². The molecule has 0 saturated carbocycles. The van der Waals surface area contributed by atoms with Gasteiger partial charge in [0, 0.05) is 163 Å². The molecule has 0 aliphatic carbocycles. The van der Waals surface area contributed by atoms with E-state index in [1.165, 1.54) is 0 Å². The van der Waals surface area contributed by atoms with Crippen molar-refractivity contribution in [2.45, 2.75) is 127 Å². The Bertz CT molecular complexity index is 4980. The van der Waals surface area contributed by atoms with Gasteiger partial charge >= 0.3 is 0 Å². The highest BCUT2D eigenvalue weighted by atomic mass is 35.5. The molecule has 4 atom stereocenters. The topological polar surface area (TPSA) is 307 Å². The second kappa shape index (κ2) is 44.1. The average molecular weight is 1710 g/mol. The van der Waals surface area contributed by atoms with Crippen molar-refractivity contribution < 1.29 is 39.4 Å². The molecule has 8 aliphatic heterocycles. The zero-order chi connectivity index (χ0) is 85.3. The molecule has 5 N–H and O–H groups in total. The summed E-state index contributed by atoms with van der Waals surface area (Å²) in [5.41, 5.74) is 4.07. The van der Waals surface area contributed by atoms with Gasteiger partial charge in [-0.05, 0) is 212 Å². The Kier molecular flexibility index (Phi) is 30.7. The van der Waals surface area contributed by atoms with E-state index in [-0.39, 0.29) is 44.2 Å². The molecule has 2 unspecified atom stereocenters. The van der Waals surface area contributed by atoms with Crippen molar-refractivity contribution in [3.63, 3.8) is 0 Å². The molecule has 28 nitrogen and oxygen atoms in total. The number of nitrogens with one attached hydrogen (secondary N) is 1. The summed E-state index contributed by atoms with van der Waals surface area (Å²) in [7, 11) is 0. The summed E-state index contributed by atoms with van der Waals surface area (Å²) in [6.07, 6.45) is 29.9. The van der Waals surface area contributed by atoms with Gasteiger partial charge in [-0.3, -0.25) is 0 Å². The Labute approximate surface area is 736 Å². The molecule has 8 aromatic heterocycles. The van der Waals surface area contributed by atoms with Crippen LogP contribution in [0.2, 0.25) is 5.15 Å². The van der Waals surface area contributed by atoms with E-state index in [0.29, 0.717) is 59.0 Å². The number of aliphatic hydroxyl groups excluding tert-OH is 4. The number of hydrogen-bond donors (Lipinski definition) is 5. The molecule has 20 rings (SSSR count). The Morgan fingerprint density at radius 3 is 0.816 bits per heavy atom. The highest BCUT2D eigenvalue weighted by Crippen LogP contribution is 2.36. The molecule has 4 aromatic carbocycles. The van der Waals surface area contributed by atoms with Crippen LogP contribution < -0.4 is 58.6 Å². The van der Waals surface area contributed by atoms with Crippen molar-refractivity contribution in [3.05, 3.63) is 200 Å². The maximum Gasteiger partial charge on any atom is 0.257 e. The first kappa shape index (κ1) is 87.2. The number of anilines is 7. The zero-order valence-electron chi connectivity index (χ0n) is 71.3. The van der Waals surface area contributed by atoms with E-state index in [1.807, 2.05) is 54.6 Å². The second-order valence-electron chi connectivity index (χ2n) is 33.7. The van der Waals surface area contributed by atoms with Gasteiger partial charge in [-0.25, -0.2) is 59.8 Å². The lowest BCUT2D eigenvalue weighted by Gasteiger charge is -2.35. The predicted octanol–water partition coefficient (Wildman–Crippen LogP) is 13.5. The van der Waals surface area contributed by atoms with Crippen LogP contribution in [0.3, 0.4) is 0 Å². The Balaban J connectivity index is 0.000000120. The van der Waals surface area contributed by atoms with Gasteiger partial charge < -0.3 is 79.0 Å². The van der Waals surface area contributed by atoms with Gasteiger partial charge in [0.1, 0.15) is 47.7 Å². The minimum atomic E-state index is 0.0289. The molecule has 0 amide bonds. The average Bonchev–Trinajstić information content (AvgIpc) is 0.747. The Morgan fingerprint density at radius 1 is 0.280 bits per heavy atom. The van der Waals surface area contributed by atoms with Crippen LogP contribution in [-0.4, -0.2) is 236 Å². The number of benzene rings is 4. The first-order valence-corrected chi connectivity index (χ1v) is 45.4. The SMILES string of the molecule is Clc1nccnc1OC1CCCN(c2ccc3ccccc3n2)C1.OCC1CCN(c2nccnc2OC2CCCN(c3ccc4ccccc4n3)C2)CC1.OCC1CCN(c2nccnc2O[C@@H]2CCCN(c3ccc4ccccc4n3)C2)CC1.OCC1CCN(c2nccnc2O[C@H]2CCCN(c3ccc4ccccc4n3)C2)CC1.OCC1CCNCC1. The highest BCUT2D eigenvalue weighted by molar-refractivity contribution is 6.30. The van der Waals surface area contributed by atoms with Crippen LogP contribution in [0.4, 0.5) is 40.7 Å². The summed E-state index contributed by atoms with van der Waals surface area (Å²) in [6.45, 7) is 15.6. The Morgan fingerprint density at radius 2 is 0.536 bits per heavy atom. The molecule has 8 aliphatic rings. The van der Waals surface area contributed by atoms with Gasteiger partial charge in [0.25, 0.3) is 23.5 Å². The molecule has 29 heteroatoms. The van der Waals surface area contributed by atoms with Crippen LogP contribution in [0.5, 0.6) is 23.5 Å². The summed E-state index contributed by atoms with van der Waals surface area (Å²) in [5.74, 6) is 10.4. The molecular weight excluding hydrogens is 1600 g/mol. The van der Waals surface area contributed by atoms with Crippen LogP contribution in [-0.2, 0) is 0 Å². The van der Waals surface area contributed by atoms with Gasteiger partial charge in [-0.2, -0.15) is 0 Å². The normalized spacial score (nSPS) is 20.0. The van der Waals surface area contributed by atoms with E-state index < -0.39 is 0 Å². The number of piperidine rings is 8. The summed E-state index contributed by atoms with van der Waals surface area (Å²) in [4.78, 5) is 70.7. The van der Waals surface area contributed by atoms with E-state index in [1.54, 1.807) is 49.6 Å². The number of nitrogens with zero attached hydrogens (tertiary/aromatic N) is 19. The highest BCUT2D eigenvalue weighted by Gasteiger charge is 2.33. The molecule has 8 saturated heterocycles.